The van der Waals surface area contributed by atoms with Crippen molar-refractivity contribution >= 4 is 10.1 Å². The number of benzene rings is 2. The van der Waals surface area contributed by atoms with E-state index in [-0.39, 0.29) is 4.90 Å². The second-order valence-electron chi connectivity index (χ2n) is 8.74. The van der Waals surface area contributed by atoms with Gasteiger partial charge in [0, 0.05) is 13.0 Å². The summed E-state index contributed by atoms with van der Waals surface area (Å²) in [5, 5.41) is 0. The molecule has 0 saturated carbocycles. The number of aryl methyl sites for hydroxylation is 1. The molecule has 1 aliphatic heterocycles. The summed E-state index contributed by atoms with van der Waals surface area (Å²) in [4.78, 5) is 2.27. The summed E-state index contributed by atoms with van der Waals surface area (Å²) in [7, 11) is 5.04. The lowest BCUT2D eigenvalue weighted by atomic mass is 9.79. The van der Waals surface area contributed by atoms with Crippen LogP contribution >= 0.6 is 0 Å². The number of likely N-dealkylation sites (tertiary alicyclic amines) is 1. The summed E-state index contributed by atoms with van der Waals surface area (Å²) in [6.07, 6.45) is 1.29. The van der Waals surface area contributed by atoms with Crippen LogP contribution in [0, 0.1) is 6.92 Å². The van der Waals surface area contributed by atoms with E-state index in [0.717, 1.165) is 16.6 Å². The molecular formula is C22H33N2O3S+. The standard InChI is InChI=1S/C15H25N2.C7H8O3S/c1-16(2)12-15(10-11-17(3,4)13-15)14-8-6-5-7-9-14;1-6-2-4-7(5-3-6)11(8,9)10/h5-9H,10-13H2,1-4H3;2-5H,1H3,(H,8,9,10)/q+1;. The second kappa shape index (κ2) is 8.74. The van der Waals surface area contributed by atoms with Gasteiger partial charge in [0.1, 0.15) is 0 Å². The van der Waals surface area contributed by atoms with E-state index in [1.807, 2.05) is 6.92 Å². The van der Waals surface area contributed by atoms with Crippen molar-refractivity contribution in [2.75, 3.05) is 47.8 Å². The zero-order valence-corrected chi connectivity index (χ0v) is 18.4. The minimum atomic E-state index is -4.02. The number of quaternary nitrogens is 1. The lowest BCUT2D eigenvalue weighted by Crippen LogP contribution is -2.45. The van der Waals surface area contributed by atoms with Crippen LogP contribution in [0.3, 0.4) is 0 Å². The van der Waals surface area contributed by atoms with Crippen molar-refractivity contribution < 1.29 is 17.5 Å². The van der Waals surface area contributed by atoms with Gasteiger partial charge in [0.15, 0.2) is 0 Å². The van der Waals surface area contributed by atoms with E-state index in [0.29, 0.717) is 5.41 Å². The fourth-order valence-electron chi connectivity index (χ4n) is 4.06. The summed E-state index contributed by atoms with van der Waals surface area (Å²) in [6, 6.07) is 17.0. The van der Waals surface area contributed by atoms with Gasteiger partial charge in [-0.25, -0.2) is 0 Å². The summed E-state index contributed by atoms with van der Waals surface area (Å²) in [5.74, 6) is 0. The summed E-state index contributed by atoms with van der Waals surface area (Å²) in [5.41, 5.74) is 2.81. The molecule has 0 bridgehead atoms. The minimum absolute atomic E-state index is 0.0666. The van der Waals surface area contributed by atoms with Crippen LogP contribution in [0.25, 0.3) is 0 Å². The van der Waals surface area contributed by atoms with Crippen LogP contribution in [-0.2, 0) is 15.5 Å². The van der Waals surface area contributed by atoms with E-state index in [9.17, 15) is 8.42 Å². The maximum atomic E-state index is 10.5. The zero-order chi connectivity index (χ0) is 21.0. The average molecular weight is 406 g/mol. The Morgan fingerprint density at radius 1 is 1.04 bits per heavy atom. The Balaban J connectivity index is 0.000000221. The molecule has 1 aliphatic rings. The molecule has 1 fully saturated rings. The SMILES string of the molecule is CN(C)CC1(c2ccccc2)CC[N+](C)(C)C1.Cc1ccc(S(=O)(=O)O)cc1. The quantitative estimate of drug-likeness (QED) is 0.627. The van der Waals surface area contributed by atoms with Crippen molar-refractivity contribution in [2.24, 2.45) is 0 Å². The van der Waals surface area contributed by atoms with Crippen LogP contribution in [0.15, 0.2) is 59.5 Å². The predicted octanol–water partition coefficient (Wildman–Crippen LogP) is 3.21. The molecule has 0 spiro atoms. The number of likely N-dealkylation sites (N-methyl/N-ethyl adjacent to an activating group) is 2. The second-order valence-corrected chi connectivity index (χ2v) is 10.2. The van der Waals surface area contributed by atoms with E-state index in [1.54, 1.807) is 12.1 Å². The molecule has 3 rings (SSSR count). The fourth-order valence-corrected chi connectivity index (χ4v) is 4.54. The minimum Gasteiger partial charge on any atom is -0.328 e. The van der Waals surface area contributed by atoms with Crippen molar-refractivity contribution in [3.05, 3.63) is 65.7 Å². The Morgan fingerprint density at radius 2 is 1.61 bits per heavy atom. The van der Waals surface area contributed by atoms with Crippen molar-refractivity contribution in [1.82, 2.24) is 4.90 Å². The first-order valence-electron chi connectivity index (χ1n) is 9.50. The number of rotatable bonds is 4. The molecule has 2 aromatic carbocycles. The molecule has 1 saturated heterocycles. The smallest absolute Gasteiger partial charge is 0.294 e. The third kappa shape index (κ3) is 6.14. The van der Waals surface area contributed by atoms with Crippen LogP contribution in [-0.4, -0.2) is 70.2 Å². The van der Waals surface area contributed by atoms with Gasteiger partial charge in [-0.3, -0.25) is 4.55 Å². The molecule has 154 valence electrons. The highest BCUT2D eigenvalue weighted by atomic mass is 32.2. The van der Waals surface area contributed by atoms with Gasteiger partial charge < -0.3 is 9.38 Å². The Labute approximate surface area is 169 Å². The van der Waals surface area contributed by atoms with E-state index in [4.69, 9.17) is 4.55 Å². The molecule has 6 heteroatoms. The van der Waals surface area contributed by atoms with E-state index < -0.39 is 10.1 Å². The highest BCUT2D eigenvalue weighted by Crippen LogP contribution is 2.37. The summed E-state index contributed by atoms with van der Waals surface area (Å²) >= 11 is 0. The zero-order valence-electron chi connectivity index (χ0n) is 17.6. The number of hydrogen-bond acceptors (Lipinski definition) is 3. The Kier molecular flexibility index (Phi) is 7.04. The van der Waals surface area contributed by atoms with Gasteiger partial charge in [-0.05, 0) is 38.7 Å². The molecule has 0 radical (unpaired) electrons. The Hall–Kier alpha value is -1.73. The van der Waals surface area contributed by atoms with Crippen LogP contribution in [0.2, 0.25) is 0 Å². The summed E-state index contributed by atoms with van der Waals surface area (Å²) < 4.78 is 30.7. The lowest BCUT2D eigenvalue weighted by Gasteiger charge is -2.33. The summed E-state index contributed by atoms with van der Waals surface area (Å²) in [6.45, 7) is 5.52. The normalized spacial score (nSPS) is 21.2. The van der Waals surface area contributed by atoms with Crippen LogP contribution in [0.5, 0.6) is 0 Å². The largest absolute Gasteiger partial charge is 0.328 e. The first kappa shape index (κ1) is 22.6. The highest BCUT2D eigenvalue weighted by molar-refractivity contribution is 7.85. The topological polar surface area (TPSA) is 57.6 Å². The number of hydrogen-bond donors (Lipinski definition) is 1. The molecule has 2 aromatic rings. The van der Waals surface area contributed by atoms with E-state index in [1.165, 1.54) is 37.2 Å². The molecule has 1 heterocycles. The molecule has 1 unspecified atom stereocenters. The highest BCUT2D eigenvalue weighted by Gasteiger charge is 2.45. The van der Waals surface area contributed by atoms with Crippen LogP contribution < -0.4 is 0 Å². The first-order chi connectivity index (χ1) is 12.9. The van der Waals surface area contributed by atoms with Gasteiger partial charge in [-0.2, -0.15) is 8.42 Å². The van der Waals surface area contributed by atoms with Crippen molar-refractivity contribution in [3.63, 3.8) is 0 Å². The predicted molar refractivity (Wildman–Crippen MR) is 114 cm³/mol. The maximum Gasteiger partial charge on any atom is 0.294 e. The molecule has 0 aromatic heterocycles. The first-order valence-corrected chi connectivity index (χ1v) is 10.9. The van der Waals surface area contributed by atoms with Gasteiger partial charge in [0.05, 0.1) is 37.5 Å². The van der Waals surface area contributed by atoms with E-state index in [2.05, 4.69) is 63.4 Å². The monoisotopic (exact) mass is 405 g/mol. The molecule has 1 atom stereocenters. The van der Waals surface area contributed by atoms with Crippen LogP contribution in [0.4, 0.5) is 0 Å². The molecule has 0 aliphatic carbocycles. The molecule has 0 amide bonds. The Bertz CT molecular complexity index is 862. The molecule has 1 N–H and O–H groups in total. The van der Waals surface area contributed by atoms with Crippen molar-refractivity contribution in [2.45, 2.75) is 23.7 Å². The van der Waals surface area contributed by atoms with Gasteiger partial charge in [0.25, 0.3) is 10.1 Å². The third-order valence-electron chi connectivity index (χ3n) is 5.25. The molecule has 28 heavy (non-hydrogen) atoms. The number of nitrogens with zero attached hydrogens (tertiary/aromatic N) is 2. The molecule has 5 nitrogen and oxygen atoms in total. The van der Waals surface area contributed by atoms with Gasteiger partial charge in [-0.1, -0.05) is 48.0 Å². The average Bonchev–Trinajstić information content (AvgIpc) is 2.91. The molecular weight excluding hydrogens is 372 g/mol. The van der Waals surface area contributed by atoms with Crippen LogP contribution in [0.1, 0.15) is 17.5 Å². The van der Waals surface area contributed by atoms with Gasteiger partial charge >= 0.3 is 0 Å². The lowest BCUT2D eigenvalue weighted by molar-refractivity contribution is -0.879. The van der Waals surface area contributed by atoms with Gasteiger partial charge in [-0.15, -0.1) is 0 Å². The van der Waals surface area contributed by atoms with Crippen molar-refractivity contribution in [1.29, 1.82) is 0 Å². The third-order valence-corrected chi connectivity index (χ3v) is 6.12. The Morgan fingerprint density at radius 3 is 2.04 bits per heavy atom. The van der Waals surface area contributed by atoms with Gasteiger partial charge in [0.2, 0.25) is 0 Å². The maximum absolute atomic E-state index is 10.5. The van der Waals surface area contributed by atoms with Crippen molar-refractivity contribution in [3.8, 4) is 0 Å². The van der Waals surface area contributed by atoms with E-state index >= 15 is 0 Å². The fraction of sp³-hybridized carbons (Fsp3) is 0.455.